The standard InChI is InChI=1S/C17H22N4OS/c1-4-12-5-9-14(10-6-12)18-16(22)11(2)23-17-20-19-15(21(17)3)13-7-8-13/h5-6,9-11,13H,4,7-8H2,1-3H3,(H,18,22)/t11-/m0/s1. The molecule has 1 heterocycles. The van der Waals surface area contributed by atoms with Crippen molar-refractivity contribution < 1.29 is 4.79 Å². The molecule has 0 radical (unpaired) electrons. The maximum atomic E-state index is 12.3. The van der Waals surface area contributed by atoms with Gasteiger partial charge in [0.15, 0.2) is 5.16 Å². The number of aromatic nitrogens is 3. The van der Waals surface area contributed by atoms with E-state index in [1.807, 2.05) is 42.8 Å². The van der Waals surface area contributed by atoms with Crippen LogP contribution in [0.1, 0.15) is 44.0 Å². The van der Waals surface area contributed by atoms with E-state index in [2.05, 4.69) is 22.4 Å². The van der Waals surface area contributed by atoms with E-state index in [4.69, 9.17) is 0 Å². The summed E-state index contributed by atoms with van der Waals surface area (Å²) in [6.07, 6.45) is 3.39. The summed E-state index contributed by atoms with van der Waals surface area (Å²) in [7, 11) is 1.98. The summed E-state index contributed by atoms with van der Waals surface area (Å²) in [6.45, 7) is 4.01. The minimum atomic E-state index is -0.226. The molecule has 122 valence electrons. The SMILES string of the molecule is CCc1ccc(NC(=O)[C@H](C)Sc2nnc(C3CC3)n2C)cc1. The number of nitrogens with zero attached hydrogens (tertiary/aromatic N) is 3. The Morgan fingerprint density at radius 2 is 2.04 bits per heavy atom. The van der Waals surface area contributed by atoms with E-state index in [-0.39, 0.29) is 11.2 Å². The number of aryl methyl sites for hydroxylation is 1. The highest BCUT2D eigenvalue weighted by molar-refractivity contribution is 8.00. The summed E-state index contributed by atoms with van der Waals surface area (Å²) < 4.78 is 2.02. The van der Waals surface area contributed by atoms with E-state index < -0.39 is 0 Å². The normalized spacial score (nSPS) is 15.4. The van der Waals surface area contributed by atoms with Crippen LogP contribution in [0, 0.1) is 0 Å². The van der Waals surface area contributed by atoms with Crippen LogP contribution in [0.15, 0.2) is 29.4 Å². The van der Waals surface area contributed by atoms with Gasteiger partial charge in [0.25, 0.3) is 0 Å². The fourth-order valence-corrected chi connectivity index (χ4v) is 3.23. The largest absolute Gasteiger partial charge is 0.325 e. The Bertz CT molecular complexity index is 691. The zero-order valence-electron chi connectivity index (χ0n) is 13.7. The Labute approximate surface area is 140 Å². The smallest absolute Gasteiger partial charge is 0.237 e. The van der Waals surface area contributed by atoms with Crippen LogP contribution in [-0.4, -0.2) is 25.9 Å². The molecule has 0 spiro atoms. The van der Waals surface area contributed by atoms with Crippen LogP contribution in [0.2, 0.25) is 0 Å². The molecule has 1 aromatic heterocycles. The third-order valence-corrected chi connectivity index (χ3v) is 5.23. The van der Waals surface area contributed by atoms with E-state index in [0.29, 0.717) is 5.92 Å². The van der Waals surface area contributed by atoms with Crippen molar-refractivity contribution in [2.24, 2.45) is 7.05 Å². The number of benzene rings is 1. The first-order chi connectivity index (χ1) is 11.1. The average molecular weight is 330 g/mol. The van der Waals surface area contributed by atoms with E-state index >= 15 is 0 Å². The fourth-order valence-electron chi connectivity index (χ4n) is 2.41. The molecule has 0 bridgehead atoms. The Morgan fingerprint density at radius 3 is 2.65 bits per heavy atom. The summed E-state index contributed by atoms with van der Waals surface area (Å²) in [6, 6.07) is 7.97. The maximum Gasteiger partial charge on any atom is 0.237 e. The molecule has 23 heavy (non-hydrogen) atoms. The molecule has 0 unspecified atom stereocenters. The molecule has 6 heteroatoms. The first-order valence-corrected chi connectivity index (χ1v) is 8.92. The van der Waals surface area contributed by atoms with E-state index in [1.165, 1.54) is 30.2 Å². The van der Waals surface area contributed by atoms with Gasteiger partial charge in [0, 0.05) is 18.7 Å². The number of thioether (sulfide) groups is 1. The van der Waals surface area contributed by atoms with Gasteiger partial charge in [-0.05, 0) is 43.9 Å². The Kier molecular flexibility index (Phi) is 4.71. The minimum Gasteiger partial charge on any atom is -0.325 e. The molecule has 1 aliphatic carbocycles. The van der Waals surface area contributed by atoms with Gasteiger partial charge in [-0.2, -0.15) is 0 Å². The van der Waals surface area contributed by atoms with Gasteiger partial charge in [0.05, 0.1) is 5.25 Å². The summed E-state index contributed by atoms with van der Waals surface area (Å²) in [5.74, 6) is 1.58. The first kappa shape index (κ1) is 16.1. The summed E-state index contributed by atoms with van der Waals surface area (Å²) in [4.78, 5) is 12.3. The molecule has 1 aromatic carbocycles. The number of amides is 1. The highest BCUT2D eigenvalue weighted by atomic mass is 32.2. The second-order valence-electron chi connectivity index (χ2n) is 5.97. The van der Waals surface area contributed by atoms with Crippen molar-refractivity contribution >= 4 is 23.4 Å². The number of rotatable bonds is 6. The lowest BCUT2D eigenvalue weighted by molar-refractivity contribution is -0.115. The van der Waals surface area contributed by atoms with Crippen molar-refractivity contribution in [1.82, 2.24) is 14.8 Å². The van der Waals surface area contributed by atoms with Gasteiger partial charge in [-0.25, -0.2) is 0 Å². The molecule has 0 saturated heterocycles. The summed E-state index contributed by atoms with van der Waals surface area (Å²) >= 11 is 1.45. The van der Waals surface area contributed by atoms with E-state index in [0.717, 1.165) is 23.1 Å². The van der Waals surface area contributed by atoms with Crippen LogP contribution in [0.3, 0.4) is 0 Å². The molecular weight excluding hydrogens is 308 g/mol. The molecule has 5 nitrogen and oxygen atoms in total. The molecule has 3 rings (SSSR count). The van der Waals surface area contributed by atoms with Crippen LogP contribution in [0.4, 0.5) is 5.69 Å². The van der Waals surface area contributed by atoms with Gasteiger partial charge in [-0.15, -0.1) is 10.2 Å². The molecule has 1 aliphatic rings. The molecule has 1 fully saturated rings. The van der Waals surface area contributed by atoms with E-state index in [9.17, 15) is 4.79 Å². The van der Waals surface area contributed by atoms with Crippen molar-refractivity contribution in [2.45, 2.75) is 49.4 Å². The van der Waals surface area contributed by atoms with Crippen molar-refractivity contribution in [1.29, 1.82) is 0 Å². The molecule has 2 aromatic rings. The predicted octanol–water partition coefficient (Wildman–Crippen LogP) is 3.37. The molecule has 1 amide bonds. The number of carbonyl (C=O) groups is 1. The number of anilines is 1. The second-order valence-corrected chi connectivity index (χ2v) is 7.28. The van der Waals surface area contributed by atoms with Gasteiger partial charge in [0.1, 0.15) is 5.82 Å². The predicted molar refractivity (Wildman–Crippen MR) is 92.7 cm³/mol. The monoisotopic (exact) mass is 330 g/mol. The number of hydrogen-bond acceptors (Lipinski definition) is 4. The lowest BCUT2D eigenvalue weighted by atomic mass is 10.1. The fraction of sp³-hybridized carbons (Fsp3) is 0.471. The summed E-state index contributed by atoms with van der Waals surface area (Å²) in [5, 5.41) is 12.0. The second kappa shape index (κ2) is 6.74. The van der Waals surface area contributed by atoms with Crippen molar-refractivity contribution in [3.05, 3.63) is 35.7 Å². The van der Waals surface area contributed by atoms with Crippen LogP contribution < -0.4 is 5.32 Å². The topological polar surface area (TPSA) is 59.8 Å². The van der Waals surface area contributed by atoms with Gasteiger partial charge >= 0.3 is 0 Å². The number of nitrogens with one attached hydrogen (secondary N) is 1. The van der Waals surface area contributed by atoms with Crippen molar-refractivity contribution in [2.75, 3.05) is 5.32 Å². The number of carbonyl (C=O) groups excluding carboxylic acids is 1. The third-order valence-electron chi connectivity index (χ3n) is 4.09. The quantitative estimate of drug-likeness (QED) is 0.825. The Morgan fingerprint density at radius 1 is 1.35 bits per heavy atom. The molecule has 1 atom stereocenters. The lowest BCUT2D eigenvalue weighted by Crippen LogP contribution is -2.22. The van der Waals surface area contributed by atoms with Crippen molar-refractivity contribution in [3.63, 3.8) is 0 Å². The van der Waals surface area contributed by atoms with Crippen LogP contribution in [0.25, 0.3) is 0 Å². The molecule has 1 saturated carbocycles. The minimum absolute atomic E-state index is 0.0183. The summed E-state index contributed by atoms with van der Waals surface area (Å²) in [5.41, 5.74) is 2.09. The Hall–Kier alpha value is -1.82. The average Bonchev–Trinajstić information content (AvgIpc) is 3.33. The number of hydrogen-bond donors (Lipinski definition) is 1. The molecule has 1 N–H and O–H groups in total. The third kappa shape index (κ3) is 3.75. The van der Waals surface area contributed by atoms with Gasteiger partial charge in [-0.1, -0.05) is 30.8 Å². The van der Waals surface area contributed by atoms with Crippen molar-refractivity contribution in [3.8, 4) is 0 Å². The van der Waals surface area contributed by atoms with Gasteiger partial charge in [-0.3, -0.25) is 4.79 Å². The maximum absolute atomic E-state index is 12.3. The highest BCUT2D eigenvalue weighted by Crippen LogP contribution is 2.39. The van der Waals surface area contributed by atoms with Crippen LogP contribution in [-0.2, 0) is 18.3 Å². The zero-order chi connectivity index (χ0) is 16.4. The molecule has 0 aliphatic heterocycles. The van der Waals surface area contributed by atoms with Gasteiger partial charge in [0.2, 0.25) is 5.91 Å². The van der Waals surface area contributed by atoms with E-state index in [1.54, 1.807) is 0 Å². The zero-order valence-corrected chi connectivity index (χ0v) is 14.6. The Balaban J connectivity index is 1.60. The first-order valence-electron chi connectivity index (χ1n) is 8.04. The highest BCUT2D eigenvalue weighted by Gasteiger charge is 2.30. The lowest BCUT2D eigenvalue weighted by Gasteiger charge is -2.12. The molecular formula is C17H22N4OS. The van der Waals surface area contributed by atoms with Gasteiger partial charge < -0.3 is 9.88 Å². The van der Waals surface area contributed by atoms with Crippen LogP contribution >= 0.6 is 11.8 Å². The van der Waals surface area contributed by atoms with Crippen LogP contribution in [0.5, 0.6) is 0 Å².